The second-order valence-electron chi connectivity index (χ2n) is 7.72. The molecule has 0 saturated carbocycles. The van der Waals surface area contributed by atoms with Crippen molar-refractivity contribution in [3.8, 4) is 5.75 Å². The molecule has 5 aromatic rings. The number of amides is 1. The van der Waals surface area contributed by atoms with Gasteiger partial charge in [0.15, 0.2) is 10.6 Å². The third kappa shape index (κ3) is 3.04. The predicted octanol–water partition coefficient (Wildman–Crippen LogP) is 5.55. The van der Waals surface area contributed by atoms with Crippen LogP contribution >= 0.6 is 11.3 Å². The third-order valence-corrected chi connectivity index (χ3v) is 6.79. The molecule has 0 fully saturated rings. The topological polar surface area (TPSA) is 72.6 Å². The number of benzene rings is 3. The Bertz CT molecular complexity index is 1570. The van der Waals surface area contributed by atoms with Gasteiger partial charge in [0, 0.05) is 0 Å². The summed E-state index contributed by atoms with van der Waals surface area (Å²) in [6.07, 6.45) is 0. The molecule has 1 atom stereocenters. The summed E-state index contributed by atoms with van der Waals surface area (Å²) in [6, 6.07) is 21.5. The summed E-state index contributed by atoms with van der Waals surface area (Å²) in [6.45, 7) is 2.42. The number of anilines is 1. The first kappa shape index (κ1) is 19.7. The highest BCUT2D eigenvalue weighted by molar-refractivity contribution is 7.22. The van der Waals surface area contributed by atoms with Crippen LogP contribution in [0.5, 0.6) is 5.75 Å². The summed E-state index contributed by atoms with van der Waals surface area (Å²) in [4.78, 5) is 33.6. The summed E-state index contributed by atoms with van der Waals surface area (Å²) < 4.78 is 12.7. The monoisotopic (exact) mass is 454 g/mol. The number of hydrogen-bond donors (Lipinski definition) is 0. The van der Waals surface area contributed by atoms with Gasteiger partial charge in [-0.2, -0.15) is 0 Å². The van der Waals surface area contributed by atoms with Crippen molar-refractivity contribution in [1.29, 1.82) is 0 Å². The normalized spacial score (nSPS) is 15.4. The lowest BCUT2D eigenvalue weighted by atomic mass is 9.98. The quantitative estimate of drug-likeness (QED) is 0.356. The maximum Gasteiger partial charge on any atom is 0.297 e. The van der Waals surface area contributed by atoms with Crippen LogP contribution in [0.25, 0.3) is 21.2 Å². The number of nitrogens with zero attached hydrogens (tertiary/aromatic N) is 2. The Balaban J connectivity index is 1.63. The van der Waals surface area contributed by atoms with E-state index in [4.69, 9.17) is 14.1 Å². The average molecular weight is 455 g/mol. The number of aromatic nitrogens is 1. The molecule has 3 heterocycles. The Hall–Kier alpha value is -3.97. The first-order valence-electron chi connectivity index (χ1n) is 10.6. The minimum atomic E-state index is -0.672. The van der Waals surface area contributed by atoms with Crippen LogP contribution in [0.15, 0.2) is 82.0 Å². The Morgan fingerprint density at radius 3 is 2.70 bits per heavy atom. The minimum Gasteiger partial charge on any atom is -0.494 e. The van der Waals surface area contributed by atoms with Gasteiger partial charge in [0.1, 0.15) is 11.3 Å². The number of thiazole rings is 1. The van der Waals surface area contributed by atoms with Gasteiger partial charge in [-0.3, -0.25) is 14.5 Å². The molecule has 6 rings (SSSR count). The second kappa shape index (κ2) is 7.56. The lowest BCUT2D eigenvalue weighted by Crippen LogP contribution is -2.29. The van der Waals surface area contributed by atoms with E-state index in [-0.39, 0.29) is 17.1 Å². The van der Waals surface area contributed by atoms with Crippen molar-refractivity contribution >= 4 is 43.6 Å². The van der Waals surface area contributed by atoms with Gasteiger partial charge in [0.05, 0.1) is 33.8 Å². The SMILES string of the molecule is CCOc1cccc([C@H]2c3c(oc4ccccc4c3=O)C(=O)N2c2nc3ccccc3s2)c1. The van der Waals surface area contributed by atoms with Crippen LogP contribution in [0, 0.1) is 0 Å². The molecule has 0 saturated heterocycles. The zero-order valence-corrected chi connectivity index (χ0v) is 18.5. The van der Waals surface area contributed by atoms with Gasteiger partial charge in [-0.05, 0) is 48.9 Å². The lowest BCUT2D eigenvalue weighted by molar-refractivity contribution is 0.0971. The Morgan fingerprint density at radius 2 is 1.85 bits per heavy atom. The van der Waals surface area contributed by atoms with Crippen molar-refractivity contribution in [2.45, 2.75) is 13.0 Å². The molecule has 162 valence electrons. The molecule has 1 amide bonds. The van der Waals surface area contributed by atoms with Gasteiger partial charge in [-0.25, -0.2) is 4.98 Å². The summed E-state index contributed by atoms with van der Waals surface area (Å²) in [5, 5.41) is 0.962. The molecular formula is C26H18N2O4S. The van der Waals surface area contributed by atoms with Crippen LogP contribution < -0.4 is 15.1 Å². The molecule has 6 nitrogen and oxygen atoms in total. The number of fused-ring (bicyclic) bond motifs is 3. The molecule has 0 radical (unpaired) electrons. The molecule has 1 aliphatic rings. The molecule has 0 aliphatic carbocycles. The predicted molar refractivity (Wildman–Crippen MR) is 128 cm³/mol. The van der Waals surface area contributed by atoms with E-state index in [0.29, 0.717) is 34.0 Å². The molecule has 2 aromatic heterocycles. The highest BCUT2D eigenvalue weighted by Crippen LogP contribution is 2.44. The fourth-order valence-electron chi connectivity index (χ4n) is 4.34. The van der Waals surface area contributed by atoms with Crippen molar-refractivity contribution in [2.24, 2.45) is 0 Å². The van der Waals surface area contributed by atoms with E-state index in [1.165, 1.54) is 11.3 Å². The smallest absolute Gasteiger partial charge is 0.297 e. The van der Waals surface area contributed by atoms with E-state index < -0.39 is 6.04 Å². The third-order valence-electron chi connectivity index (χ3n) is 5.75. The van der Waals surface area contributed by atoms with Gasteiger partial charge >= 0.3 is 0 Å². The maximum atomic E-state index is 13.7. The van der Waals surface area contributed by atoms with Gasteiger partial charge in [0.25, 0.3) is 5.91 Å². The molecule has 0 spiro atoms. The highest BCUT2D eigenvalue weighted by Gasteiger charge is 2.45. The van der Waals surface area contributed by atoms with Crippen LogP contribution in [0.2, 0.25) is 0 Å². The molecule has 33 heavy (non-hydrogen) atoms. The number of hydrogen-bond acceptors (Lipinski definition) is 6. The molecule has 7 heteroatoms. The van der Waals surface area contributed by atoms with Gasteiger partial charge in [-0.1, -0.05) is 47.7 Å². The Labute approximate surface area is 192 Å². The van der Waals surface area contributed by atoms with Crippen LogP contribution in [-0.2, 0) is 0 Å². The van der Waals surface area contributed by atoms with E-state index in [2.05, 4.69) is 0 Å². The Morgan fingerprint density at radius 1 is 1.03 bits per heavy atom. The fourth-order valence-corrected chi connectivity index (χ4v) is 5.33. The van der Waals surface area contributed by atoms with Gasteiger partial charge in [-0.15, -0.1) is 0 Å². The van der Waals surface area contributed by atoms with E-state index in [0.717, 1.165) is 15.8 Å². The van der Waals surface area contributed by atoms with E-state index in [9.17, 15) is 9.59 Å². The molecule has 1 aliphatic heterocycles. The number of rotatable bonds is 4. The maximum absolute atomic E-state index is 13.7. The largest absolute Gasteiger partial charge is 0.494 e. The minimum absolute atomic E-state index is 0.0600. The Kier molecular flexibility index (Phi) is 4.52. The standard InChI is InChI=1S/C26H18N2O4S/c1-2-31-16-9-7-8-15(14-16)22-21-23(29)17-10-3-5-12-19(17)32-24(21)25(30)28(22)26-27-18-11-4-6-13-20(18)33-26/h3-14,22H,2H2,1H3/t22-/m0/s1. The van der Waals surface area contributed by atoms with Crippen LogP contribution in [0.1, 0.15) is 34.6 Å². The first-order valence-corrected chi connectivity index (χ1v) is 11.4. The van der Waals surface area contributed by atoms with Crippen molar-refractivity contribution in [3.05, 3.63) is 99.9 Å². The van der Waals surface area contributed by atoms with E-state index in [1.807, 2.05) is 55.5 Å². The fraction of sp³-hybridized carbons (Fsp3) is 0.115. The molecule has 0 unspecified atom stereocenters. The zero-order valence-electron chi connectivity index (χ0n) is 17.6. The summed E-state index contributed by atoms with van der Waals surface area (Å²) >= 11 is 1.41. The van der Waals surface area contributed by atoms with E-state index in [1.54, 1.807) is 29.2 Å². The van der Waals surface area contributed by atoms with Crippen LogP contribution in [-0.4, -0.2) is 17.5 Å². The van der Waals surface area contributed by atoms with Crippen LogP contribution in [0.3, 0.4) is 0 Å². The number of carbonyl (C=O) groups excluding carboxylic acids is 1. The number of ether oxygens (including phenoxy) is 1. The lowest BCUT2D eigenvalue weighted by Gasteiger charge is -2.23. The molecular weight excluding hydrogens is 436 g/mol. The highest BCUT2D eigenvalue weighted by atomic mass is 32.1. The molecule has 0 N–H and O–H groups in total. The van der Waals surface area contributed by atoms with Crippen LogP contribution in [0.4, 0.5) is 5.13 Å². The summed E-state index contributed by atoms with van der Waals surface area (Å²) in [7, 11) is 0. The van der Waals surface area contributed by atoms with Gasteiger partial charge in [0.2, 0.25) is 5.76 Å². The molecule has 0 bridgehead atoms. The first-order chi connectivity index (χ1) is 16.2. The van der Waals surface area contributed by atoms with Gasteiger partial charge < -0.3 is 9.15 Å². The number of para-hydroxylation sites is 2. The summed E-state index contributed by atoms with van der Waals surface area (Å²) in [5.74, 6) is 0.355. The van der Waals surface area contributed by atoms with E-state index >= 15 is 0 Å². The average Bonchev–Trinajstić information content (AvgIpc) is 3.39. The zero-order chi connectivity index (χ0) is 22.5. The number of carbonyl (C=O) groups is 1. The van der Waals surface area contributed by atoms with Crippen molar-refractivity contribution in [3.63, 3.8) is 0 Å². The second-order valence-corrected chi connectivity index (χ2v) is 8.73. The van der Waals surface area contributed by atoms with Crippen molar-refractivity contribution < 1.29 is 13.9 Å². The molecule has 3 aromatic carbocycles. The van der Waals surface area contributed by atoms with Crippen molar-refractivity contribution in [1.82, 2.24) is 4.98 Å². The summed E-state index contributed by atoms with van der Waals surface area (Å²) in [5.41, 5.74) is 2.06. The van der Waals surface area contributed by atoms with Crippen molar-refractivity contribution in [2.75, 3.05) is 11.5 Å².